The minimum absolute atomic E-state index is 0.0851. The lowest BCUT2D eigenvalue weighted by Gasteiger charge is -2.27. The van der Waals surface area contributed by atoms with Crippen molar-refractivity contribution in [3.05, 3.63) is 0 Å². The average Bonchev–Trinajstić information content (AvgIpc) is 2.34. The minimum atomic E-state index is -0.0851. The Morgan fingerprint density at radius 3 is 2.81 bits per heavy atom. The number of morpholine rings is 1. The van der Waals surface area contributed by atoms with Crippen molar-refractivity contribution in [2.24, 2.45) is 10.7 Å². The van der Waals surface area contributed by atoms with Crippen LogP contribution < -0.4 is 11.1 Å². The number of ether oxygens (including phenoxy) is 1. The number of carbonyl (C=O) groups is 1. The van der Waals surface area contributed by atoms with E-state index < -0.39 is 0 Å². The predicted octanol–water partition coefficient (Wildman–Crippen LogP) is -0.840. The molecule has 0 aromatic rings. The lowest BCUT2D eigenvalue weighted by atomic mass is 10.4. The minimum Gasteiger partial charge on any atom is -0.378 e. The van der Waals surface area contributed by atoms with Gasteiger partial charge in [-0.15, -0.1) is 0 Å². The van der Waals surface area contributed by atoms with Crippen molar-refractivity contribution in [2.75, 3.05) is 39.4 Å². The Morgan fingerprint density at radius 2 is 2.19 bits per heavy atom. The zero-order valence-corrected chi connectivity index (χ0v) is 9.74. The number of carbonyl (C=O) groups excluding carboxylic acids is 1. The van der Waals surface area contributed by atoms with Crippen LogP contribution in [0.4, 0.5) is 0 Å². The van der Waals surface area contributed by atoms with Crippen LogP contribution in [0, 0.1) is 0 Å². The van der Waals surface area contributed by atoms with E-state index in [4.69, 9.17) is 10.5 Å². The number of amides is 1. The molecule has 1 fully saturated rings. The molecule has 0 aromatic heterocycles. The summed E-state index contributed by atoms with van der Waals surface area (Å²) in [7, 11) is 0. The zero-order valence-electron chi connectivity index (χ0n) is 9.74. The fourth-order valence-electron chi connectivity index (χ4n) is 1.37. The van der Waals surface area contributed by atoms with Crippen LogP contribution in [0.15, 0.2) is 4.99 Å². The van der Waals surface area contributed by atoms with Crippen molar-refractivity contribution in [3.63, 3.8) is 0 Å². The molecule has 16 heavy (non-hydrogen) atoms. The molecule has 6 nitrogen and oxygen atoms in total. The van der Waals surface area contributed by atoms with E-state index in [0.717, 1.165) is 19.5 Å². The van der Waals surface area contributed by atoms with Gasteiger partial charge in [0.2, 0.25) is 5.91 Å². The second-order valence-corrected chi connectivity index (χ2v) is 3.62. The summed E-state index contributed by atoms with van der Waals surface area (Å²) in [5.41, 5.74) is 5.77. The first-order valence-electron chi connectivity index (χ1n) is 5.63. The maximum absolute atomic E-state index is 11.3. The van der Waals surface area contributed by atoms with Crippen LogP contribution in [0.1, 0.15) is 13.3 Å². The molecule has 1 heterocycles. The maximum atomic E-state index is 11.3. The van der Waals surface area contributed by atoms with Crippen molar-refractivity contribution >= 4 is 11.9 Å². The fraction of sp³-hybridized carbons (Fsp3) is 0.800. The first-order valence-corrected chi connectivity index (χ1v) is 5.63. The van der Waals surface area contributed by atoms with E-state index >= 15 is 0 Å². The summed E-state index contributed by atoms with van der Waals surface area (Å²) in [5.74, 6) is 0.341. The highest BCUT2D eigenvalue weighted by Crippen LogP contribution is 1.95. The van der Waals surface area contributed by atoms with Crippen LogP contribution in [0.5, 0.6) is 0 Å². The Hall–Kier alpha value is -1.30. The van der Waals surface area contributed by atoms with Crippen molar-refractivity contribution in [1.29, 1.82) is 0 Å². The lowest BCUT2D eigenvalue weighted by molar-refractivity contribution is -0.119. The standard InChI is InChI=1S/C10H20N4O2/c1-2-3-12-9(15)8-13-10(11)14-4-6-16-7-5-14/h2-8H2,1H3,(H2,11,13)(H,12,15). The van der Waals surface area contributed by atoms with Gasteiger partial charge in [-0.3, -0.25) is 4.79 Å². The predicted molar refractivity (Wildman–Crippen MR) is 62.2 cm³/mol. The number of nitrogens with zero attached hydrogens (tertiary/aromatic N) is 2. The molecule has 92 valence electrons. The van der Waals surface area contributed by atoms with Gasteiger partial charge in [0.05, 0.1) is 13.2 Å². The van der Waals surface area contributed by atoms with Gasteiger partial charge >= 0.3 is 0 Å². The van der Waals surface area contributed by atoms with Gasteiger partial charge in [-0.1, -0.05) is 6.92 Å². The third-order valence-electron chi connectivity index (χ3n) is 2.29. The van der Waals surface area contributed by atoms with E-state index in [1.54, 1.807) is 0 Å². The molecular weight excluding hydrogens is 208 g/mol. The van der Waals surface area contributed by atoms with Crippen LogP contribution >= 0.6 is 0 Å². The first kappa shape index (κ1) is 12.8. The molecule has 6 heteroatoms. The molecule has 0 saturated carbocycles. The van der Waals surface area contributed by atoms with Gasteiger partial charge in [-0.2, -0.15) is 0 Å². The largest absolute Gasteiger partial charge is 0.378 e. The highest BCUT2D eigenvalue weighted by molar-refractivity contribution is 5.84. The Bertz CT molecular complexity index is 249. The summed E-state index contributed by atoms with van der Waals surface area (Å²) in [6, 6.07) is 0. The lowest BCUT2D eigenvalue weighted by Crippen LogP contribution is -2.45. The van der Waals surface area contributed by atoms with Crippen molar-refractivity contribution < 1.29 is 9.53 Å². The molecule has 1 saturated heterocycles. The van der Waals surface area contributed by atoms with Crippen molar-refractivity contribution in [2.45, 2.75) is 13.3 Å². The Morgan fingerprint density at radius 1 is 1.50 bits per heavy atom. The van der Waals surface area contributed by atoms with E-state index in [0.29, 0.717) is 25.7 Å². The molecule has 3 N–H and O–H groups in total. The van der Waals surface area contributed by atoms with Gasteiger partial charge in [0.25, 0.3) is 0 Å². The van der Waals surface area contributed by atoms with Gasteiger partial charge in [-0.05, 0) is 6.42 Å². The molecule has 0 bridgehead atoms. The SMILES string of the molecule is CCCNC(=O)CN=C(N)N1CCOCC1. The van der Waals surface area contributed by atoms with Crippen LogP contribution in [0.2, 0.25) is 0 Å². The summed E-state index contributed by atoms with van der Waals surface area (Å²) < 4.78 is 5.20. The van der Waals surface area contributed by atoms with Gasteiger partial charge in [0.1, 0.15) is 6.54 Å². The summed E-state index contributed by atoms with van der Waals surface area (Å²) in [4.78, 5) is 17.3. The summed E-state index contributed by atoms with van der Waals surface area (Å²) in [5, 5.41) is 2.75. The van der Waals surface area contributed by atoms with Crippen molar-refractivity contribution in [1.82, 2.24) is 10.2 Å². The molecule has 1 aliphatic heterocycles. The Balaban J connectivity index is 2.28. The van der Waals surface area contributed by atoms with Crippen molar-refractivity contribution in [3.8, 4) is 0 Å². The second-order valence-electron chi connectivity index (χ2n) is 3.62. The number of nitrogens with two attached hydrogens (primary N) is 1. The van der Waals surface area contributed by atoms with E-state index in [1.165, 1.54) is 0 Å². The molecule has 0 atom stereocenters. The van der Waals surface area contributed by atoms with Crippen LogP contribution in [-0.2, 0) is 9.53 Å². The van der Waals surface area contributed by atoms with Gasteiger partial charge in [0.15, 0.2) is 5.96 Å². The average molecular weight is 228 g/mol. The maximum Gasteiger partial charge on any atom is 0.241 e. The number of guanidine groups is 1. The number of nitrogens with one attached hydrogen (secondary N) is 1. The third-order valence-corrected chi connectivity index (χ3v) is 2.29. The van der Waals surface area contributed by atoms with Gasteiger partial charge < -0.3 is 20.7 Å². The molecule has 1 amide bonds. The molecule has 0 spiro atoms. The number of hydrogen-bond acceptors (Lipinski definition) is 3. The van der Waals surface area contributed by atoms with E-state index in [1.807, 2.05) is 11.8 Å². The molecule has 1 rings (SSSR count). The molecule has 1 aliphatic rings. The second kappa shape index (κ2) is 7.05. The van der Waals surface area contributed by atoms with E-state index in [2.05, 4.69) is 10.3 Å². The highest BCUT2D eigenvalue weighted by Gasteiger charge is 2.12. The highest BCUT2D eigenvalue weighted by atomic mass is 16.5. The zero-order chi connectivity index (χ0) is 11.8. The summed E-state index contributed by atoms with van der Waals surface area (Å²) in [6.45, 7) is 5.61. The summed E-state index contributed by atoms with van der Waals surface area (Å²) >= 11 is 0. The van der Waals surface area contributed by atoms with E-state index in [9.17, 15) is 4.79 Å². The van der Waals surface area contributed by atoms with Gasteiger partial charge in [0, 0.05) is 19.6 Å². The third kappa shape index (κ3) is 4.48. The van der Waals surface area contributed by atoms with Crippen LogP contribution in [0.3, 0.4) is 0 Å². The summed E-state index contributed by atoms with van der Waals surface area (Å²) in [6.07, 6.45) is 0.925. The van der Waals surface area contributed by atoms with Gasteiger partial charge in [-0.25, -0.2) is 4.99 Å². The topological polar surface area (TPSA) is 80.0 Å². The quantitative estimate of drug-likeness (QED) is 0.485. The molecular formula is C10H20N4O2. The Kier molecular flexibility index (Phi) is 5.63. The molecule has 0 aliphatic carbocycles. The Labute approximate surface area is 95.8 Å². The smallest absolute Gasteiger partial charge is 0.241 e. The molecule has 0 aromatic carbocycles. The molecule has 0 unspecified atom stereocenters. The first-order chi connectivity index (χ1) is 7.74. The van der Waals surface area contributed by atoms with Crippen LogP contribution in [0.25, 0.3) is 0 Å². The normalized spacial score (nSPS) is 17.3. The number of aliphatic imine (C=N–C) groups is 1. The molecule has 0 radical (unpaired) electrons. The number of rotatable bonds is 4. The monoisotopic (exact) mass is 228 g/mol. The number of hydrogen-bond donors (Lipinski definition) is 2. The fourth-order valence-corrected chi connectivity index (χ4v) is 1.37. The van der Waals surface area contributed by atoms with Crippen LogP contribution in [-0.4, -0.2) is 56.2 Å². The van der Waals surface area contributed by atoms with E-state index in [-0.39, 0.29) is 12.5 Å².